The summed E-state index contributed by atoms with van der Waals surface area (Å²) in [6.45, 7) is 5.24. The van der Waals surface area contributed by atoms with Crippen LogP contribution in [0.15, 0.2) is 30.3 Å². The molecule has 1 aliphatic rings. The average molecular weight is 317 g/mol. The van der Waals surface area contributed by atoms with Crippen LogP contribution in [0.2, 0.25) is 0 Å². The highest BCUT2D eigenvalue weighted by molar-refractivity contribution is 5.76. The summed E-state index contributed by atoms with van der Waals surface area (Å²) in [5, 5.41) is 3.29. The fourth-order valence-corrected chi connectivity index (χ4v) is 3.24. The summed E-state index contributed by atoms with van der Waals surface area (Å²) in [5.74, 6) is 0.606. The van der Waals surface area contributed by atoms with Crippen LogP contribution in [0, 0.1) is 5.92 Å². The minimum absolute atomic E-state index is 0.0405. The lowest BCUT2D eigenvalue weighted by molar-refractivity contribution is 0.170. The van der Waals surface area contributed by atoms with Crippen molar-refractivity contribution >= 4 is 6.03 Å². The van der Waals surface area contributed by atoms with Crippen molar-refractivity contribution < 1.29 is 4.79 Å². The maximum atomic E-state index is 12.8. The van der Waals surface area contributed by atoms with Crippen LogP contribution in [0.4, 0.5) is 4.79 Å². The van der Waals surface area contributed by atoms with E-state index >= 15 is 0 Å². The summed E-state index contributed by atoms with van der Waals surface area (Å²) in [4.78, 5) is 16.8. The summed E-state index contributed by atoms with van der Waals surface area (Å²) in [6, 6.07) is 10.4. The zero-order valence-electron chi connectivity index (χ0n) is 15.2. The Balaban J connectivity index is 2.08. The number of hydrogen-bond donors (Lipinski definition) is 1. The maximum absolute atomic E-state index is 12.8. The Kier molecular flexibility index (Phi) is 5.69. The molecule has 0 unspecified atom stereocenters. The van der Waals surface area contributed by atoms with Crippen LogP contribution in [0.5, 0.6) is 0 Å². The molecule has 1 fully saturated rings. The van der Waals surface area contributed by atoms with E-state index in [4.69, 9.17) is 0 Å². The highest BCUT2D eigenvalue weighted by Crippen LogP contribution is 2.41. The molecule has 1 aromatic carbocycles. The Morgan fingerprint density at radius 1 is 1.17 bits per heavy atom. The Hall–Kier alpha value is -1.55. The maximum Gasteiger partial charge on any atom is 0.318 e. The van der Waals surface area contributed by atoms with Gasteiger partial charge in [0.25, 0.3) is 0 Å². The van der Waals surface area contributed by atoms with Gasteiger partial charge in [-0.05, 0) is 44.8 Å². The second kappa shape index (κ2) is 7.35. The van der Waals surface area contributed by atoms with Crippen molar-refractivity contribution in [2.45, 2.75) is 44.7 Å². The third kappa shape index (κ3) is 4.96. The fraction of sp³-hybridized carbons (Fsp3) is 0.632. The lowest BCUT2D eigenvalue weighted by Gasteiger charge is -2.33. The molecule has 0 saturated heterocycles. The van der Waals surface area contributed by atoms with Crippen LogP contribution < -0.4 is 5.32 Å². The normalized spacial score (nSPS) is 17.2. The molecular weight excluding hydrogens is 286 g/mol. The Labute approximate surface area is 140 Å². The van der Waals surface area contributed by atoms with E-state index < -0.39 is 0 Å². The van der Waals surface area contributed by atoms with Crippen molar-refractivity contribution in [1.82, 2.24) is 15.1 Å². The minimum Gasteiger partial charge on any atom is -0.333 e. The van der Waals surface area contributed by atoms with Gasteiger partial charge in [-0.1, -0.05) is 44.2 Å². The van der Waals surface area contributed by atoms with Gasteiger partial charge in [0.1, 0.15) is 0 Å². The number of nitrogens with zero attached hydrogens (tertiary/aromatic N) is 2. The van der Waals surface area contributed by atoms with Crippen molar-refractivity contribution in [3.8, 4) is 0 Å². The van der Waals surface area contributed by atoms with Gasteiger partial charge in [0.2, 0.25) is 0 Å². The van der Waals surface area contributed by atoms with Gasteiger partial charge in [0.05, 0.1) is 6.04 Å². The summed E-state index contributed by atoms with van der Waals surface area (Å²) in [7, 11) is 5.99. The van der Waals surface area contributed by atoms with Crippen LogP contribution in [0.25, 0.3) is 0 Å². The zero-order chi connectivity index (χ0) is 17.0. The van der Waals surface area contributed by atoms with Crippen molar-refractivity contribution in [2.75, 3.05) is 27.7 Å². The molecule has 23 heavy (non-hydrogen) atoms. The van der Waals surface area contributed by atoms with E-state index in [-0.39, 0.29) is 17.6 Å². The van der Waals surface area contributed by atoms with E-state index in [1.807, 2.05) is 44.2 Å². The molecule has 128 valence electrons. The van der Waals surface area contributed by atoms with Crippen LogP contribution in [0.1, 0.15) is 44.7 Å². The van der Waals surface area contributed by atoms with Gasteiger partial charge in [-0.15, -0.1) is 0 Å². The molecule has 0 spiro atoms. The van der Waals surface area contributed by atoms with Crippen molar-refractivity contribution in [3.63, 3.8) is 0 Å². The van der Waals surface area contributed by atoms with Gasteiger partial charge in [-0.25, -0.2) is 4.79 Å². The average Bonchev–Trinajstić information content (AvgIpc) is 3.23. The first-order valence-corrected chi connectivity index (χ1v) is 8.58. The van der Waals surface area contributed by atoms with E-state index in [1.165, 1.54) is 5.56 Å². The molecule has 0 aliphatic heterocycles. The molecule has 0 heterocycles. The topological polar surface area (TPSA) is 35.6 Å². The molecule has 0 radical (unpaired) electrons. The first kappa shape index (κ1) is 17.8. The molecule has 1 saturated carbocycles. The lowest BCUT2D eigenvalue weighted by Crippen LogP contribution is -2.48. The summed E-state index contributed by atoms with van der Waals surface area (Å²) in [5.41, 5.74) is 1.21. The fourth-order valence-electron chi connectivity index (χ4n) is 3.24. The lowest BCUT2D eigenvalue weighted by atomic mass is 10.0. The van der Waals surface area contributed by atoms with Gasteiger partial charge in [-0.3, -0.25) is 0 Å². The number of hydrogen-bond acceptors (Lipinski definition) is 2. The SMILES string of the molecule is CC(C)CC1(NC(=O)N(C)[C@H](CN(C)C)c2ccccc2)CC1. The van der Waals surface area contributed by atoms with E-state index in [9.17, 15) is 4.79 Å². The van der Waals surface area contributed by atoms with E-state index in [0.717, 1.165) is 25.8 Å². The number of likely N-dealkylation sites (N-methyl/N-ethyl adjacent to an activating group) is 2. The summed E-state index contributed by atoms with van der Waals surface area (Å²) < 4.78 is 0. The molecule has 1 N–H and O–H groups in total. The molecule has 1 aliphatic carbocycles. The number of benzene rings is 1. The second-order valence-corrected chi connectivity index (χ2v) is 7.61. The number of nitrogens with one attached hydrogen (secondary N) is 1. The minimum atomic E-state index is 0.0405. The van der Waals surface area contributed by atoms with E-state index in [1.54, 1.807) is 0 Å². The number of urea groups is 1. The molecule has 0 aromatic heterocycles. The standard InChI is InChI=1S/C19H31N3O/c1-15(2)13-19(11-12-19)20-18(23)22(5)17(14-21(3)4)16-9-7-6-8-10-16/h6-10,15,17H,11-14H2,1-5H3,(H,20,23)/t17-/m1/s1. The Bertz CT molecular complexity index is 509. The van der Waals surface area contributed by atoms with Crippen LogP contribution in [0.3, 0.4) is 0 Å². The molecule has 4 nitrogen and oxygen atoms in total. The Morgan fingerprint density at radius 3 is 2.26 bits per heavy atom. The largest absolute Gasteiger partial charge is 0.333 e. The quantitative estimate of drug-likeness (QED) is 0.835. The molecular formula is C19H31N3O. The third-order valence-corrected chi connectivity index (χ3v) is 4.53. The van der Waals surface area contributed by atoms with Gasteiger partial charge in [-0.2, -0.15) is 0 Å². The van der Waals surface area contributed by atoms with Crippen molar-refractivity contribution in [3.05, 3.63) is 35.9 Å². The number of amides is 2. The first-order valence-electron chi connectivity index (χ1n) is 8.58. The molecule has 4 heteroatoms. The number of carbonyl (C=O) groups excluding carboxylic acids is 1. The van der Waals surface area contributed by atoms with Crippen molar-refractivity contribution in [1.29, 1.82) is 0 Å². The van der Waals surface area contributed by atoms with Crippen LogP contribution in [-0.2, 0) is 0 Å². The zero-order valence-corrected chi connectivity index (χ0v) is 15.2. The molecule has 1 atom stereocenters. The number of rotatable bonds is 7. The third-order valence-electron chi connectivity index (χ3n) is 4.53. The highest BCUT2D eigenvalue weighted by Gasteiger charge is 2.45. The van der Waals surface area contributed by atoms with E-state index in [0.29, 0.717) is 5.92 Å². The van der Waals surface area contributed by atoms with Gasteiger partial charge in [0, 0.05) is 19.1 Å². The highest BCUT2D eigenvalue weighted by atomic mass is 16.2. The predicted octanol–water partition coefficient (Wildman–Crippen LogP) is 3.51. The molecule has 0 bridgehead atoms. The van der Waals surface area contributed by atoms with E-state index in [2.05, 4.69) is 36.2 Å². The Morgan fingerprint density at radius 2 is 1.78 bits per heavy atom. The first-order chi connectivity index (χ1) is 10.8. The van der Waals surface area contributed by atoms with Gasteiger partial charge in [0.15, 0.2) is 0 Å². The van der Waals surface area contributed by atoms with Crippen LogP contribution in [-0.4, -0.2) is 49.1 Å². The molecule has 1 aromatic rings. The van der Waals surface area contributed by atoms with Gasteiger partial charge >= 0.3 is 6.03 Å². The van der Waals surface area contributed by atoms with Gasteiger partial charge < -0.3 is 15.1 Å². The summed E-state index contributed by atoms with van der Waals surface area (Å²) in [6.07, 6.45) is 3.28. The van der Waals surface area contributed by atoms with Crippen molar-refractivity contribution in [2.24, 2.45) is 5.92 Å². The number of carbonyl (C=O) groups is 1. The smallest absolute Gasteiger partial charge is 0.318 e. The second-order valence-electron chi connectivity index (χ2n) is 7.61. The monoisotopic (exact) mass is 317 g/mol. The van der Waals surface area contributed by atoms with Crippen LogP contribution >= 0.6 is 0 Å². The summed E-state index contributed by atoms with van der Waals surface area (Å²) >= 11 is 0. The molecule has 2 rings (SSSR count). The molecule has 2 amide bonds. The predicted molar refractivity (Wildman–Crippen MR) is 95.5 cm³/mol.